The van der Waals surface area contributed by atoms with E-state index in [0.29, 0.717) is 50.1 Å². The number of hydrogen-bond donors (Lipinski definition) is 0. The summed E-state index contributed by atoms with van der Waals surface area (Å²) < 4.78 is 35.1. The van der Waals surface area contributed by atoms with Crippen LogP contribution >= 0.6 is 0 Å². The highest BCUT2D eigenvalue weighted by Crippen LogP contribution is 2.24. The zero-order chi connectivity index (χ0) is 22.8. The maximum atomic E-state index is 13.2. The molecule has 0 amide bonds. The summed E-state index contributed by atoms with van der Waals surface area (Å²) in [6.45, 7) is 6.84. The minimum absolute atomic E-state index is 0.291. The van der Waals surface area contributed by atoms with Gasteiger partial charge < -0.3 is 14.5 Å². The number of benzene rings is 1. The number of rotatable bonds is 5. The molecule has 0 unspecified atom stereocenters. The van der Waals surface area contributed by atoms with Crippen molar-refractivity contribution in [2.75, 3.05) is 62.3 Å². The second-order valence-electron chi connectivity index (χ2n) is 8.07. The van der Waals surface area contributed by atoms with Crippen molar-refractivity contribution in [1.82, 2.24) is 24.1 Å². The molecule has 0 N–H and O–H groups in total. The number of sulfonamides is 1. The molecule has 3 aromatic rings. The molecule has 2 fully saturated rings. The highest BCUT2D eigenvalue weighted by molar-refractivity contribution is 7.89. The van der Waals surface area contributed by atoms with Crippen LogP contribution in [0.4, 0.5) is 11.6 Å². The van der Waals surface area contributed by atoms with Crippen molar-refractivity contribution >= 4 is 21.7 Å². The quantitative estimate of drug-likeness (QED) is 0.552. The van der Waals surface area contributed by atoms with Crippen LogP contribution in [0.15, 0.2) is 53.7 Å². The maximum absolute atomic E-state index is 13.2. The van der Waals surface area contributed by atoms with Gasteiger partial charge in [-0.1, -0.05) is 0 Å². The Kier molecular flexibility index (Phi) is 6.00. The molecule has 0 saturated carbocycles. The monoisotopic (exact) mass is 469 g/mol. The van der Waals surface area contributed by atoms with Gasteiger partial charge in [-0.05, 0) is 37.3 Å². The molecule has 0 spiro atoms. The Morgan fingerprint density at radius 3 is 2.12 bits per heavy atom. The third-order valence-electron chi connectivity index (χ3n) is 5.95. The molecule has 33 heavy (non-hydrogen) atoms. The van der Waals surface area contributed by atoms with Crippen molar-refractivity contribution < 1.29 is 13.2 Å². The summed E-state index contributed by atoms with van der Waals surface area (Å²) >= 11 is 0. The second kappa shape index (κ2) is 9.08. The standard InChI is InChI=1S/C22H27N7O3S/c1-18-24-21(17-22(25-18)27-13-15-32-16-14-27)26-9-11-28(12-10-26)33(30,31)20-5-3-19(4-6-20)29-8-2-7-23-29/h2-8,17H,9-16H2,1H3. The zero-order valence-electron chi connectivity index (χ0n) is 18.5. The molecular weight excluding hydrogens is 442 g/mol. The Morgan fingerprint density at radius 2 is 1.52 bits per heavy atom. The normalized spacial score (nSPS) is 18.0. The summed E-state index contributed by atoms with van der Waals surface area (Å²) in [5, 5.41) is 4.18. The van der Waals surface area contributed by atoms with Gasteiger partial charge in [-0.25, -0.2) is 23.1 Å². The van der Waals surface area contributed by atoms with Gasteiger partial charge in [0.05, 0.1) is 23.8 Å². The van der Waals surface area contributed by atoms with Gasteiger partial charge in [0.25, 0.3) is 0 Å². The first-order chi connectivity index (χ1) is 16.0. The van der Waals surface area contributed by atoms with Gasteiger partial charge >= 0.3 is 0 Å². The molecule has 11 heteroatoms. The summed E-state index contributed by atoms with van der Waals surface area (Å²) in [5.41, 5.74) is 0.818. The molecule has 0 atom stereocenters. The van der Waals surface area contributed by atoms with Crippen LogP contribution in [0.25, 0.3) is 5.69 Å². The van der Waals surface area contributed by atoms with E-state index in [0.717, 1.165) is 30.4 Å². The van der Waals surface area contributed by atoms with Gasteiger partial charge in [-0.2, -0.15) is 9.40 Å². The van der Waals surface area contributed by atoms with Gasteiger partial charge in [0, 0.05) is 57.7 Å². The first kappa shape index (κ1) is 21.8. The molecule has 5 rings (SSSR count). The summed E-state index contributed by atoms with van der Waals surface area (Å²) in [7, 11) is -3.56. The van der Waals surface area contributed by atoms with Crippen LogP contribution in [0, 0.1) is 6.92 Å². The van der Waals surface area contributed by atoms with E-state index in [1.165, 1.54) is 0 Å². The summed E-state index contributed by atoms with van der Waals surface area (Å²) in [6.07, 6.45) is 3.51. The smallest absolute Gasteiger partial charge is 0.243 e. The van der Waals surface area contributed by atoms with Gasteiger partial charge in [0.1, 0.15) is 17.5 Å². The predicted molar refractivity (Wildman–Crippen MR) is 124 cm³/mol. The van der Waals surface area contributed by atoms with Crippen molar-refractivity contribution in [1.29, 1.82) is 0 Å². The Balaban J connectivity index is 1.27. The van der Waals surface area contributed by atoms with E-state index >= 15 is 0 Å². The van der Waals surface area contributed by atoms with E-state index in [1.807, 2.05) is 25.3 Å². The van der Waals surface area contributed by atoms with E-state index in [-0.39, 0.29) is 0 Å². The Morgan fingerprint density at radius 1 is 0.879 bits per heavy atom. The van der Waals surface area contributed by atoms with E-state index < -0.39 is 10.0 Å². The van der Waals surface area contributed by atoms with Crippen LogP contribution in [0.1, 0.15) is 5.82 Å². The highest BCUT2D eigenvalue weighted by atomic mass is 32.2. The zero-order valence-corrected chi connectivity index (χ0v) is 19.4. The van der Waals surface area contributed by atoms with Gasteiger partial charge in [-0.3, -0.25) is 0 Å². The number of piperazine rings is 1. The van der Waals surface area contributed by atoms with Crippen molar-refractivity contribution in [2.24, 2.45) is 0 Å². The molecule has 0 aliphatic carbocycles. The molecule has 2 saturated heterocycles. The Labute approximate surface area is 193 Å². The largest absolute Gasteiger partial charge is 0.378 e. The molecule has 2 aromatic heterocycles. The van der Waals surface area contributed by atoms with Crippen molar-refractivity contribution in [2.45, 2.75) is 11.8 Å². The summed E-state index contributed by atoms with van der Waals surface area (Å²) in [4.78, 5) is 13.8. The third kappa shape index (κ3) is 4.56. The topological polar surface area (TPSA) is 96.7 Å². The minimum Gasteiger partial charge on any atom is -0.378 e. The van der Waals surface area contributed by atoms with E-state index in [1.54, 1.807) is 39.4 Å². The highest BCUT2D eigenvalue weighted by Gasteiger charge is 2.29. The molecule has 0 radical (unpaired) electrons. The number of ether oxygens (including phenoxy) is 1. The SMILES string of the molecule is Cc1nc(N2CCOCC2)cc(N2CCN(S(=O)(=O)c3ccc(-n4cccn4)cc3)CC2)n1. The van der Waals surface area contributed by atoms with Crippen LogP contribution in [0.2, 0.25) is 0 Å². The summed E-state index contributed by atoms with van der Waals surface area (Å²) in [6, 6.07) is 10.6. The molecule has 4 heterocycles. The van der Waals surface area contributed by atoms with Crippen LogP contribution in [-0.4, -0.2) is 85.0 Å². The molecule has 1 aromatic carbocycles. The lowest BCUT2D eigenvalue weighted by Gasteiger charge is -2.35. The van der Waals surface area contributed by atoms with Gasteiger partial charge in [-0.15, -0.1) is 0 Å². The number of aryl methyl sites for hydroxylation is 1. The van der Waals surface area contributed by atoms with Gasteiger partial charge in [0.2, 0.25) is 10.0 Å². The van der Waals surface area contributed by atoms with Crippen molar-refractivity contribution in [3.05, 3.63) is 54.6 Å². The average molecular weight is 470 g/mol. The number of aromatic nitrogens is 4. The molecular formula is C22H27N7O3S. The van der Waals surface area contributed by atoms with Crippen LogP contribution in [-0.2, 0) is 14.8 Å². The van der Waals surface area contributed by atoms with Crippen molar-refractivity contribution in [3.8, 4) is 5.69 Å². The van der Waals surface area contributed by atoms with Crippen LogP contribution in [0.5, 0.6) is 0 Å². The number of hydrogen-bond acceptors (Lipinski definition) is 8. The first-order valence-electron chi connectivity index (χ1n) is 11.0. The number of morpholine rings is 1. The van der Waals surface area contributed by atoms with Crippen molar-refractivity contribution in [3.63, 3.8) is 0 Å². The lowest BCUT2D eigenvalue weighted by Crippen LogP contribution is -2.49. The maximum Gasteiger partial charge on any atom is 0.243 e. The Hall–Kier alpha value is -3.02. The molecule has 2 aliphatic rings. The molecule has 10 nitrogen and oxygen atoms in total. The lowest BCUT2D eigenvalue weighted by atomic mass is 10.3. The first-order valence-corrected chi connectivity index (χ1v) is 12.5. The second-order valence-corrected chi connectivity index (χ2v) is 10.0. The minimum atomic E-state index is -3.56. The lowest BCUT2D eigenvalue weighted by molar-refractivity contribution is 0.122. The fraction of sp³-hybridized carbons (Fsp3) is 0.409. The van der Waals surface area contributed by atoms with Crippen LogP contribution < -0.4 is 9.80 Å². The van der Waals surface area contributed by atoms with Gasteiger partial charge in [0.15, 0.2) is 0 Å². The fourth-order valence-electron chi connectivity index (χ4n) is 4.15. The number of anilines is 2. The predicted octanol–water partition coefficient (Wildman–Crippen LogP) is 1.32. The van der Waals surface area contributed by atoms with E-state index in [2.05, 4.69) is 24.9 Å². The molecule has 2 aliphatic heterocycles. The van der Waals surface area contributed by atoms with Crippen LogP contribution in [0.3, 0.4) is 0 Å². The number of nitrogens with zero attached hydrogens (tertiary/aromatic N) is 7. The van der Waals surface area contributed by atoms with E-state index in [4.69, 9.17) is 4.74 Å². The third-order valence-corrected chi connectivity index (χ3v) is 7.86. The fourth-order valence-corrected chi connectivity index (χ4v) is 5.57. The molecule has 0 bridgehead atoms. The summed E-state index contributed by atoms with van der Waals surface area (Å²) in [5.74, 6) is 2.44. The average Bonchev–Trinajstić information content (AvgIpc) is 3.39. The van der Waals surface area contributed by atoms with E-state index in [9.17, 15) is 8.42 Å². The Bertz CT molecular complexity index is 1190. The molecule has 174 valence electrons.